The summed E-state index contributed by atoms with van der Waals surface area (Å²) < 4.78 is 5.50. The highest BCUT2D eigenvalue weighted by Gasteiger charge is 2.48. The third kappa shape index (κ3) is 5.99. The van der Waals surface area contributed by atoms with Crippen LogP contribution in [0.5, 0.6) is 0 Å². The largest absolute Gasteiger partial charge is 0.444 e. The third-order valence-corrected chi connectivity index (χ3v) is 7.70. The van der Waals surface area contributed by atoms with Crippen LogP contribution in [0.2, 0.25) is 0 Å². The van der Waals surface area contributed by atoms with E-state index in [1.807, 2.05) is 60.9 Å². The minimum atomic E-state index is -0.534. The molecule has 4 unspecified atom stereocenters. The van der Waals surface area contributed by atoms with E-state index in [-0.39, 0.29) is 29.9 Å². The highest BCUT2D eigenvalue weighted by molar-refractivity contribution is 5.98. The van der Waals surface area contributed by atoms with Gasteiger partial charge < -0.3 is 19.4 Å². The zero-order valence-electron chi connectivity index (χ0n) is 21.7. The number of piperidine rings is 1. The number of fused-ring (bicyclic) bond motifs is 1. The molecule has 7 heteroatoms. The molecule has 0 bridgehead atoms. The van der Waals surface area contributed by atoms with Gasteiger partial charge in [-0.3, -0.25) is 9.59 Å². The lowest BCUT2D eigenvalue weighted by atomic mass is 9.84. The highest BCUT2D eigenvalue weighted by Crippen LogP contribution is 2.41. The molecule has 3 aliphatic rings. The Kier molecular flexibility index (Phi) is 7.72. The first-order valence-corrected chi connectivity index (χ1v) is 13.2. The Bertz CT molecular complexity index is 913. The van der Waals surface area contributed by atoms with Crippen molar-refractivity contribution in [2.45, 2.75) is 83.4 Å². The number of ether oxygens (including phenoxy) is 1. The van der Waals surface area contributed by atoms with Crippen LogP contribution in [0.3, 0.4) is 0 Å². The van der Waals surface area contributed by atoms with Crippen LogP contribution >= 0.6 is 0 Å². The number of carbonyl (C=O) groups excluding carboxylic acids is 3. The van der Waals surface area contributed by atoms with E-state index in [1.54, 1.807) is 11.9 Å². The van der Waals surface area contributed by atoms with Crippen molar-refractivity contribution in [3.63, 3.8) is 0 Å². The van der Waals surface area contributed by atoms with Gasteiger partial charge in [-0.25, -0.2) is 4.79 Å². The van der Waals surface area contributed by atoms with E-state index in [4.69, 9.17) is 4.74 Å². The molecule has 3 amide bonds. The number of nitrogens with zero attached hydrogens (tertiary/aromatic N) is 3. The third-order valence-electron chi connectivity index (χ3n) is 7.70. The van der Waals surface area contributed by atoms with Crippen molar-refractivity contribution in [1.82, 2.24) is 14.7 Å². The first kappa shape index (κ1) is 25.5. The average Bonchev–Trinajstić information content (AvgIpc) is 3.22. The van der Waals surface area contributed by atoms with Gasteiger partial charge in [0.05, 0.1) is 0 Å². The van der Waals surface area contributed by atoms with Gasteiger partial charge in [0.2, 0.25) is 5.91 Å². The van der Waals surface area contributed by atoms with E-state index in [0.29, 0.717) is 31.1 Å². The molecule has 2 heterocycles. The van der Waals surface area contributed by atoms with E-state index in [1.165, 1.54) is 6.42 Å². The summed E-state index contributed by atoms with van der Waals surface area (Å²) in [6.45, 7) is 7.47. The van der Waals surface area contributed by atoms with Crippen molar-refractivity contribution < 1.29 is 19.1 Å². The van der Waals surface area contributed by atoms with E-state index in [2.05, 4.69) is 0 Å². The van der Waals surface area contributed by atoms with Gasteiger partial charge >= 0.3 is 6.09 Å². The van der Waals surface area contributed by atoms with E-state index >= 15 is 0 Å². The minimum absolute atomic E-state index is 0.0171. The van der Waals surface area contributed by atoms with E-state index in [0.717, 1.165) is 38.5 Å². The summed E-state index contributed by atoms with van der Waals surface area (Å²) in [5.41, 5.74) is 0.125. The Morgan fingerprint density at radius 1 is 1.03 bits per heavy atom. The molecule has 4 rings (SSSR count). The summed E-state index contributed by atoms with van der Waals surface area (Å²) in [5, 5.41) is 0. The molecule has 192 valence electrons. The van der Waals surface area contributed by atoms with Gasteiger partial charge in [-0.2, -0.15) is 0 Å². The monoisotopic (exact) mass is 483 g/mol. The predicted molar refractivity (Wildman–Crippen MR) is 135 cm³/mol. The second-order valence-corrected chi connectivity index (χ2v) is 11.6. The number of likely N-dealkylation sites (tertiary alicyclic amines) is 2. The number of hydrogen-bond acceptors (Lipinski definition) is 4. The van der Waals surface area contributed by atoms with Crippen LogP contribution in [-0.4, -0.2) is 77.0 Å². The maximum Gasteiger partial charge on any atom is 0.410 e. The van der Waals surface area contributed by atoms with E-state index < -0.39 is 11.6 Å². The maximum absolute atomic E-state index is 13.9. The summed E-state index contributed by atoms with van der Waals surface area (Å²) in [6, 6.07) is 9.15. The summed E-state index contributed by atoms with van der Waals surface area (Å²) in [7, 11) is 1.76. The molecule has 2 saturated heterocycles. The van der Waals surface area contributed by atoms with Gasteiger partial charge in [0.15, 0.2) is 0 Å². The van der Waals surface area contributed by atoms with E-state index in [9.17, 15) is 14.4 Å². The van der Waals surface area contributed by atoms with Crippen LogP contribution < -0.4 is 0 Å². The number of benzene rings is 1. The molecule has 7 nitrogen and oxygen atoms in total. The normalized spacial score (nSPS) is 26.7. The maximum atomic E-state index is 13.9. The zero-order valence-corrected chi connectivity index (χ0v) is 21.7. The Balaban J connectivity index is 1.45. The van der Waals surface area contributed by atoms with Crippen LogP contribution in [0.4, 0.5) is 4.79 Å². The SMILES string of the molecule is CN(CC1CCCN(C(=O)C2CC3CCCCC3N2C(=O)c2ccccc2)C1)C(=O)OC(C)(C)C. The fraction of sp³-hybridized carbons (Fsp3) is 0.679. The molecule has 0 N–H and O–H groups in total. The van der Waals surface area contributed by atoms with Crippen LogP contribution in [-0.2, 0) is 9.53 Å². The Morgan fingerprint density at radius 3 is 2.46 bits per heavy atom. The van der Waals surface area contributed by atoms with Crippen LogP contribution in [0, 0.1) is 11.8 Å². The summed E-state index contributed by atoms with van der Waals surface area (Å²) in [6.07, 6.45) is 6.68. The zero-order chi connectivity index (χ0) is 25.2. The lowest BCUT2D eigenvalue weighted by Crippen LogP contribution is -2.53. The Morgan fingerprint density at radius 2 is 1.74 bits per heavy atom. The van der Waals surface area contributed by atoms with Crippen molar-refractivity contribution in [2.75, 3.05) is 26.7 Å². The van der Waals surface area contributed by atoms with Crippen molar-refractivity contribution in [1.29, 1.82) is 0 Å². The van der Waals surface area contributed by atoms with Gasteiger partial charge in [-0.1, -0.05) is 31.0 Å². The van der Waals surface area contributed by atoms with Gasteiger partial charge in [0, 0.05) is 38.3 Å². The molecule has 1 aliphatic carbocycles. The first-order valence-electron chi connectivity index (χ1n) is 13.2. The van der Waals surface area contributed by atoms with Gasteiger partial charge in [0.1, 0.15) is 11.6 Å². The van der Waals surface area contributed by atoms with Crippen molar-refractivity contribution in [3.8, 4) is 0 Å². The number of rotatable bonds is 4. The number of hydrogen-bond donors (Lipinski definition) is 0. The Hall–Kier alpha value is -2.57. The molecule has 0 aromatic heterocycles. The fourth-order valence-electron chi connectivity index (χ4n) is 6.13. The smallest absolute Gasteiger partial charge is 0.410 e. The molecule has 0 radical (unpaired) electrons. The van der Waals surface area contributed by atoms with Crippen LogP contribution in [0.1, 0.15) is 76.1 Å². The second-order valence-electron chi connectivity index (χ2n) is 11.6. The quantitative estimate of drug-likeness (QED) is 0.629. The van der Waals surface area contributed by atoms with Crippen LogP contribution in [0.25, 0.3) is 0 Å². The number of carbonyl (C=O) groups is 3. The van der Waals surface area contributed by atoms with Gasteiger partial charge in [-0.15, -0.1) is 0 Å². The standard InChI is InChI=1S/C28H41N3O4/c1-28(2,3)35-27(34)29(4)18-20-11-10-16-30(19-20)26(33)24-17-22-14-8-9-15-23(22)31(24)25(32)21-12-6-5-7-13-21/h5-7,12-13,20,22-24H,8-11,14-19H2,1-4H3. The molecular formula is C28H41N3O4. The topological polar surface area (TPSA) is 70.2 Å². The predicted octanol–water partition coefficient (Wildman–Crippen LogP) is 4.57. The lowest BCUT2D eigenvalue weighted by molar-refractivity contribution is -0.137. The molecular weight excluding hydrogens is 442 g/mol. The molecule has 2 aliphatic heterocycles. The van der Waals surface area contributed by atoms with Gasteiger partial charge in [-0.05, 0) is 76.8 Å². The highest BCUT2D eigenvalue weighted by atomic mass is 16.6. The summed E-state index contributed by atoms with van der Waals surface area (Å²) >= 11 is 0. The summed E-state index contributed by atoms with van der Waals surface area (Å²) in [5.74, 6) is 0.668. The molecule has 1 saturated carbocycles. The van der Waals surface area contributed by atoms with Crippen molar-refractivity contribution in [3.05, 3.63) is 35.9 Å². The molecule has 0 spiro atoms. The minimum Gasteiger partial charge on any atom is -0.444 e. The van der Waals surface area contributed by atoms with Crippen molar-refractivity contribution >= 4 is 17.9 Å². The molecule has 3 fully saturated rings. The molecule has 1 aromatic carbocycles. The lowest BCUT2D eigenvalue weighted by Gasteiger charge is -2.39. The fourth-order valence-corrected chi connectivity index (χ4v) is 6.13. The Labute approximate surface area is 209 Å². The van der Waals surface area contributed by atoms with Gasteiger partial charge in [0.25, 0.3) is 5.91 Å². The van der Waals surface area contributed by atoms with Crippen molar-refractivity contribution in [2.24, 2.45) is 11.8 Å². The first-order chi connectivity index (χ1) is 16.6. The number of amides is 3. The molecule has 4 atom stereocenters. The van der Waals surface area contributed by atoms with Crippen LogP contribution in [0.15, 0.2) is 30.3 Å². The summed E-state index contributed by atoms with van der Waals surface area (Å²) in [4.78, 5) is 45.4. The second kappa shape index (κ2) is 10.6. The average molecular weight is 484 g/mol. The molecule has 35 heavy (non-hydrogen) atoms. The molecule has 1 aromatic rings.